The van der Waals surface area contributed by atoms with Gasteiger partial charge in [-0.3, -0.25) is 24.7 Å². The van der Waals surface area contributed by atoms with Crippen molar-refractivity contribution in [3.63, 3.8) is 0 Å². The number of likely N-dealkylation sites (N-methyl/N-ethyl adjacent to an activating group) is 1. The van der Waals surface area contributed by atoms with E-state index < -0.39 is 65.1 Å². The number of phenols is 1. The van der Waals surface area contributed by atoms with Gasteiger partial charge < -0.3 is 44.0 Å². The number of aromatic amines is 1. The van der Waals surface area contributed by atoms with Crippen molar-refractivity contribution in [3.05, 3.63) is 75.0 Å². The first-order chi connectivity index (χ1) is 27.4. The molecule has 4 aromatic rings. The molecule has 8 heterocycles. The van der Waals surface area contributed by atoms with E-state index in [9.17, 15) is 29.7 Å². The van der Waals surface area contributed by atoms with Crippen LogP contribution in [-0.2, 0) is 37.5 Å². The molecule has 2 fully saturated rings. The van der Waals surface area contributed by atoms with Gasteiger partial charge in [0.05, 0.1) is 36.2 Å². The number of nitrogens with zero attached hydrogens (tertiary/aromatic N) is 2. The molecular weight excluding hydrogens is 757 g/mol. The summed E-state index contributed by atoms with van der Waals surface area (Å²) >= 11 is 1.36. The number of piperazine rings is 1. The van der Waals surface area contributed by atoms with Gasteiger partial charge in [-0.15, -0.1) is 11.8 Å². The van der Waals surface area contributed by atoms with Crippen molar-refractivity contribution in [3.8, 4) is 28.7 Å². The van der Waals surface area contributed by atoms with Crippen LogP contribution in [0.1, 0.15) is 68.9 Å². The van der Waals surface area contributed by atoms with Crippen LogP contribution in [0, 0.1) is 13.8 Å². The molecule has 1 spiro atoms. The summed E-state index contributed by atoms with van der Waals surface area (Å²) < 4.78 is 30.4. The Bertz CT molecular complexity index is 2440. The first-order valence-corrected chi connectivity index (χ1v) is 20.0. The third-order valence-corrected chi connectivity index (χ3v) is 14.4. The molecule has 0 unspecified atom stereocenters. The monoisotopic (exact) mass is 798 g/mol. The fraction of sp³-hybridized carbons (Fsp3) is 0.439. The van der Waals surface area contributed by atoms with Gasteiger partial charge in [0.15, 0.2) is 28.5 Å². The Hall–Kier alpha value is -5.00. The first-order valence-electron chi connectivity index (χ1n) is 19.0. The molecule has 4 bridgehead atoms. The number of para-hydroxylation sites is 1. The number of thioether (sulfide) groups is 1. The molecule has 0 radical (unpaired) electrons. The SMILES string of the molecule is COc1c(C)cc2c(c1O)[C@@H]1[C@@H]3[C@@H]4SC[C@]5(N[C@H](C(=O)O)Cc6c5[nH]c5ccccc65)C(=O)OC[C@@H](c5c6c(c(C)c(OC(C)=O)c54)OCO6)N3[C@@H](O)[C@H](C2)N1C. The predicted molar refractivity (Wildman–Crippen MR) is 205 cm³/mol. The number of hydrogen-bond donors (Lipinski definition) is 5. The lowest BCUT2D eigenvalue weighted by Crippen LogP contribution is -2.70. The van der Waals surface area contributed by atoms with E-state index in [2.05, 4.69) is 15.2 Å². The maximum Gasteiger partial charge on any atom is 0.333 e. The van der Waals surface area contributed by atoms with Gasteiger partial charge in [0.25, 0.3) is 0 Å². The Morgan fingerprint density at radius 1 is 1.05 bits per heavy atom. The highest BCUT2D eigenvalue weighted by Gasteiger charge is 2.62. The summed E-state index contributed by atoms with van der Waals surface area (Å²) in [4.78, 5) is 48.3. The zero-order valence-electron chi connectivity index (χ0n) is 31.9. The van der Waals surface area contributed by atoms with Gasteiger partial charge >= 0.3 is 17.9 Å². The molecule has 57 heavy (non-hydrogen) atoms. The number of carboxylic acid groups (broad SMARTS) is 1. The predicted octanol–water partition coefficient (Wildman–Crippen LogP) is 3.63. The van der Waals surface area contributed by atoms with Gasteiger partial charge in [-0.2, -0.15) is 0 Å². The number of aryl methyl sites for hydroxylation is 1. The number of benzene rings is 3. The lowest BCUT2D eigenvalue weighted by atomic mass is 9.73. The zero-order chi connectivity index (χ0) is 39.8. The number of aliphatic carboxylic acids is 1. The molecule has 15 nitrogen and oxygen atoms in total. The topological polar surface area (TPSA) is 192 Å². The number of nitrogens with one attached hydrogen (secondary N) is 2. The second kappa shape index (κ2) is 12.8. The fourth-order valence-electron chi connectivity index (χ4n) is 10.6. The van der Waals surface area contributed by atoms with Crippen LogP contribution in [0.5, 0.6) is 28.7 Å². The number of fused-ring (bicyclic) bond motifs is 11. The summed E-state index contributed by atoms with van der Waals surface area (Å²) in [5.41, 5.74) is 4.35. The molecule has 1 aromatic heterocycles. The van der Waals surface area contributed by atoms with Gasteiger partial charge in [-0.1, -0.05) is 24.3 Å². The summed E-state index contributed by atoms with van der Waals surface area (Å²) in [6.45, 7) is 4.62. The minimum atomic E-state index is -1.66. The van der Waals surface area contributed by atoms with Crippen LogP contribution in [0.15, 0.2) is 30.3 Å². The number of esters is 2. The highest BCUT2D eigenvalue weighted by Crippen LogP contribution is 2.64. The van der Waals surface area contributed by atoms with Crippen molar-refractivity contribution >= 4 is 40.6 Å². The third-order valence-electron chi connectivity index (χ3n) is 12.9. The minimum absolute atomic E-state index is 0.00303. The van der Waals surface area contributed by atoms with E-state index in [1.54, 1.807) is 6.92 Å². The average molecular weight is 799 g/mol. The molecule has 2 saturated heterocycles. The van der Waals surface area contributed by atoms with Crippen LogP contribution in [-0.4, -0.2) is 106 Å². The summed E-state index contributed by atoms with van der Waals surface area (Å²) in [6.07, 6.45) is -0.543. The number of aromatic nitrogens is 1. The highest BCUT2D eigenvalue weighted by atomic mass is 32.2. The number of rotatable bonds is 3. The largest absolute Gasteiger partial charge is 0.504 e. The number of aliphatic hydroxyl groups excluding tert-OH is 1. The van der Waals surface area contributed by atoms with Crippen LogP contribution < -0.4 is 24.3 Å². The Morgan fingerprint density at radius 2 is 1.82 bits per heavy atom. The molecule has 0 aliphatic carbocycles. The molecule has 0 amide bonds. The number of hydrogen-bond acceptors (Lipinski definition) is 14. The summed E-state index contributed by atoms with van der Waals surface area (Å²) in [5.74, 6) is -0.942. The maximum atomic E-state index is 14.9. The summed E-state index contributed by atoms with van der Waals surface area (Å²) in [5, 5.41) is 38.5. The Morgan fingerprint density at radius 3 is 2.58 bits per heavy atom. The maximum absolute atomic E-state index is 14.9. The van der Waals surface area contributed by atoms with Crippen LogP contribution in [0.2, 0.25) is 0 Å². The van der Waals surface area contributed by atoms with Gasteiger partial charge in [0.1, 0.15) is 24.6 Å². The van der Waals surface area contributed by atoms with Crippen molar-refractivity contribution in [2.75, 3.05) is 33.3 Å². The van der Waals surface area contributed by atoms with Crippen molar-refractivity contribution < 1.29 is 53.4 Å². The second-order valence-electron chi connectivity index (χ2n) is 15.8. The van der Waals surface area contributed by atoms with Crippen molar-refractivity contribution in [2.45, 2.75) is 80.8 Å². The molecule has 11 rings (SSSR count). The van der Waals surface area contributed by atoms with E-state index >= 15 is 0 Å². The number of carbonyl (C=O) groups excluding carboxylic acids is 2. The van der Waals surface area contributed by atoms with Crippen molar-refractivity contribution in [1.82, 2.24) is 20.1 Å². The lowest BCUT2D eigenvalue weighted by molar-refractivity contribution is -0.186. The minimum Gasteiger partial charge on any atom is -0.504 e. The lowest BCUT2D eigenvalue weighted by Gasteiger charge is -2.62. The molecule has 16 heteroatoms. The fourth-order valence-corrected chi connectivity index (χ4v) is 12.3. The van der Waals surface area contributed by atoms with Gasteiger partial charge in [0.2, 0.25) is 6.79 Å². The molecule has 298 valence electrons. The normalized spacial score (nSPS) is 29.9. The first kappa shape index (κ1) is 36.3. The second-order valence-corrected chi connectivity index (χ2v) is 17.0. The number of H-pyrrole nitrogens is 1. The third kappa shape index (κ3) is 4.91. The summed E-state index contributed by atoms with van der Waals surface area (Å²) in [6, 6.07) is 5.93. The number of carbonyl (C=O) groups is 3. The number of methoxy groups -OCH3 is 1. The Labute approximate surface area is 331 Å². The average Bonchev–Trinajstić information content (AvgIpc) is 3.82. The van der Waals surface area contributed by atoms with E-state index in [1.807, 2.05) is 49.2 Å². The van der Waals surface area contributed by atoms with Crippen LogP contribution >= 0.6 is 11.8 Å². The molecule has 5 N–H and O–H groups in total. The van der Waals surface area contributed by atoms with Gasteiger partial charge in [-0.25, -0.2) is 4.79 Å². The smallest absolute Gasteiger partial charge is 0.333 e. The molecule has 0 saturated carbocycles. The van der Waals surface area contributed by atoms with E-state index in [-0.39, 0.29) is 37.1 Å². The molecule has 7 aliphatic heterocycles. The van der Waals surface area contributed by atoms with Gasteiger partial charge in [0, 0.05) is 58.3 Å². The Kier molecular flexibility index (Phi) is 8.13. The highest BCUT2D eigenvalue weighted by molar-refractivity contribution is 7.99. The zero-order valence-corrected chi connectivity index (χ0v) is 32.7. The van der Waals surface area contributed by atoms with Crippen LogP contribution in [0.25, 0.3) is 10.9 Å². The van der Waals surface area contributed by atoms with E-state index in [1.165, 1.54) is 25.8 Å². The molecule has 3 aromatic carbocycles. The molecule has 7 aliphatic rings. The number of aromatic hydroxyl groups is 1. The quantitative estimate of drug-likeness (QED) is 0.149. The standard InChI is InChI=1S/C41H42N4O11S/c1-16-10-19-11-24-38(48)45-25-13-53-40(51)41(37-21(12-23(43-41)39(49)50)20-8-6-7-9-22(20)42-37)14-57-36(30(45)29(44(24)4)26(19)31(47)32(16)52-5)28-27(25)35-34(54-15-55-35)17(2)33(28)56-18(3)46/h6-10,23-25,29-30,36,38,42-43,47-48H,11-15H2,1-5H3,(H,49,50)/t23-,24-,25-,29+,30+,36+,38-,41+/m0/s1. The molecular formula is C41H42N4O11S. The number of phenolic OH excluding ortho intramolecular Hbond substituents is 1. The van der Waals surface area contributed by atoms with Crippen LogP contribution in [0.4, 0.5) is 0 Å². The van der Waals surface area contributed by atoms with Crippen LogP contribution in [0.3, 0.4) is 0 Å². The van der Waals surface area contributed by atoms with Gasteiger partial charge in [-0.05, 0) is 50.1 Å². The van der Waals surface area contributed by atoms with Crippen molar-refractivity contribution in [2.24, 2.45) is 0 Å². The number of carboxylic acids is 1. The molecule has 8 atom stereocenters. The van der Waals surface area contributed by atoms with E-state index in [4.69, 9.17) is 23.7 Å². The van der Waals surface area contributed by atoms with Crippen molar-refractivity contribution in [1.29, 1.82) is 0 Å². The van der Waals surface area contributed by atoms with E-state index in [0.29, 0.717) is 57.2 Å². The van der Waals surface area contributed by atoms with E-state index in [0.717, 1.165) is 22.0 Å². The summed E-state index contributed by atoms with van der Waals surface area (Å²) in [7, 11) is 3.45. The number of aliphatic hydroxyl groups is 1. The number of ether oxygens (including phenoxy) is 5. The Balaban J connectivity index is 1.25.